The van der Waals surface area contributed by atoms with Crippen molar-refractivity contribution in [2.75, 3.05) is 13.1 Å². The first-order chi connectivity index (χ1) is 6.83. The van der Waals surface area contributed by atoms with E-state index in [-0.39, 0.29) is 5.91 Å². The molecule has 1 rings (SSSR count). The van der Waals surface area contributed by atoms with Crippen LogP contribution in [0.25, 0.3) is 0 Å². The number of aromatic amines is 1. The number of nitrogens with two attached hydrogens (primary N) is 1. The molecule has 0 aliphatic heterocycles. The molecule has 0 atom stereocenters. The average Bonchev–Trinajstić information content (AvgIpc) is 2.67. The summed E-state index contributed by atoms with van der Waals surface area (Å²) in [5, 5.41) is 2.85. The van der Waals surface area contributed by atoms with Gasteiger partial charge in [-0.3, -0.25) is 4.79 Å². The van der Waals surface area contributed by atoms with Crippen molar-refractivity contribution in [3.8, 4) is 0 Å². The Bertz CT molecular complexity index is 256. The van der Waals surface area contributed by atoms with Gasteiger partial charge in [0, 0.05) is 25.4 Å². The number of H-pyrrole nitrogens is 1. The first-order valence-corrected chi connectivity index (χ1v) is 4.91. The molecule has 1 heterocycles. The fourth-order valence-corrected chi connectivity index (χ4v) is 1.21. The largest absolute Gasteiger partial charge is 0.367 e. The van der Waals surface area contributed by atoms with Crippen LogP contribution in [0.4, 0.5) is 0 Å². The van der Waals surface area contributed by atoms with Crippen molar-refractivity contribution in [2.45, 2.75) is 19.3 Å². The monoisotopic (exact) mass is 195 g/mol. The van der Waals surface area contributed by atoms with Crippen LogP contribution in [0.15, 0.2) is 18.5 Å². The van der Waals surface area contributed by atoms with Gasteiger partial charge in [-0.25, -0.2) is 0 Å². The summed E-state index contributed by atoms with van der Waals surface area (Å²) in [7, 11) is 0. The van der Waals surface area contributed by atoms with E-state index in [1.165, 1.54) is 5.56 Å². The van der Waals surface area contributed by atoms with Gasteiger partial charge in [0.25, 0.3) is 0 Å². The molecule has 4 heteroatoms. The van der Waals surface area contributed by atoms with E-state index in [4.69, 9.17) is 5.73 Å². The molecule has 0 bridgehead atoms. The van der Waals surface area contributed by atoms with Gasteiger partial charge in [0.15, 0.2) is 0 Å². The Labute approximate surface area is 83.9 Å². The van der Waals surface area contributed by atoms with Crippen molar-refractivity contribution in [3.05, 3.63) is 24.0 Å². The van der Waals surface area contributed by atoms with Gasteiger partial charge in [0.1, 0.15) is 0 Å². The lowest BCUT2D eigenvalue weighted by atomic mass is 10.2. The van der Waals surface area contributed by atoms with Crippen LogP contribution in [0.2, 0.25) is 0 Å². The highest BCUT2D eigenvalue weighted by molar-refractivity contribution is 5.75. The third-order valence-corrected chi connectivity index (χ3v) is 2.01. The summed E-state index contributed by atoms with van der Waals surface area (Å²) in [4.78, 5) is 14.1. The van der Waals surface area contributed by atoms with Crippen molar-refractivity contribution >= 4 is 5.91 Å². The van der Waals surface area contributed by atoms with Gasteiger partial charge in [-0.05, 0) is 31.0 Å². The molecule has 0 saturated heterocycles. The second-order valence-electron chi connectivity index (χ2n) is 3.21. The molecule has 0 aliphatic carbocycles. The Kier molecular flexibility index (Phi) is 4.78. The molecule has 0 radical (unpaired) electrons. The number of nitrogens with one attached hydrogen (secondary N) is 2. The smallest absolute Gasteiger partial charge is 0.220 e. The zero-order valence-corrected chi connectivity index (χ0v) is 8.25. The number of hydrogen-bond donors (Lipinski definition) is 3. The van der Waals surface area contributed by atoms with Crippen LogP contribution >= 0.6 is 0 Å². The number of rotatable bonds is 6. The Balaban J connectivity index is 2.06. The van der Waals surface area contributed by atoms with Crippen molar-refractivity contribution in [1.29, 1.82) is 0 Å². The van der Waals surface area contributed by atoms with Crippen molar-refractivity contribution < 1.29 is 4.79 Å². The summed E-state index contributed by atoms with van der Waals surface area (Å²) >= 11 is 0. The minimum absolute atomic E-state index is 0.0889. The molecule has 1 aromatic heterocycles. The number of carbonyl (C=O) groups excluding carboxylic acids is 1. The second-order valence-corrected chi connectivity index (χ2v) is 3.21. The van der Waals surface area contributed by atoms with Crippen LogP contribution < -0.4 is 11.1 Å². The number of amides is 1. The maximum Gasteiger partial charge on any atom is 0.220 e. The van der Waals surface area contributed by atoms with Gasteiger partial charge in [-0.15, -0.1) is 0 Å². The van der Waals surface area contributed by atoms with Gasteiger partial charge in [-0.1, -0.05) is 0 Å². The molecule has 4 N–H and O–H groups in total. The maximum atomic E-state index is 11.2. The van der Waals surface area contributed by atoms with Crippen LogP contribution in [-0.4, -0.2) is 24.0 Å². The summed E-state index contributed by atoms with van der Waals surface area (Å²) < 4.78 is 0. The Hall–Kier alpha value is -1.29. The molecule has 0 aliphatic rings. The lowest BCUT2D eigenvalue weighted by molar-refractivity contribution is -0.121. The fourth-order valence-electron chi connectivity index (χ4n) is 1.21. The van der Waals surface area contributed by atoms with Crippen LogP contribution in [0.1, 0.15) is 18.4 Å². The van der Waals surface area contributed by atoms with Gasteiger partial charge < -0.3 is 16.0 Å². The molecule has 4 nitrogen and oxygen atoms in total. The van der Waals surface area contributed by atoms with Crippen LogP contribution in [0.3, 0.4) is 0 Å². The van der Waals surface area contributed by atoms with E-state index < -0.39 is 0 Å². The zero-order valence-electron chi connectivity index (χ0n) is 8.25. The molecule has 0 aromatic carbocycles. The molecule has 1 amide bonds. The van der Waals surface area contributed by atoms with Gasteiger partial charge in [0.2, 0.25) is 5.91 Å². The van der Waals surface area contributed by atoms with E-state index in [2.05, 4.69) is 10.3 Å². The molecule has 14 heavy (non-hydrogen) atoms. The molecular formula is C10H17N3O. The van der Waals surface area contributed by atoms with E-state index in [1.54, 1.807) is 0 Å². The molecule has 0 fully saturated rings. The Morgan fingerprint density at radius 1 is 1.57 bits per heavy atom. The highest BCUT2D eigenvalue weighted by Crippen LogP contribution is 1.96. The molecule has 0 saturated carbocycles. The van der Waals surface area contributed by atoms with Crippen molar-refractivity contribution in [2.24, 2.45) is 5.73 Å². The van der Waals surface area contributed by atoms with Crippen LogP contribution in [-0.2, 0) is 11.2 Å². The van der Waals surface area contributed by atoms with E-state index in [9.17, 15) is 4.79 Å². The highest BCUT2D eigenvalue weighted by atomic mass is 16.1. The number of carbonyl (C=O) groups is 1. The van der Waals surface area contributed by atoms with Gasteiger partial charge in [0.05, 0.1) is 0 Å². The lowest BCUT2D eigenvalue weighted by Crippen LogP contribution is -2.25. The maximum absolute atomic E-state index is 11.2. The van der Waals surface area contributed by atoms with Crippen LogP contribution in [0, 0.1) is 0 Å². The zero-order chi connectivity index (χ0) is 10.2. The predicted octanol–water partition coefficient (Wildman–Crippen LogP) is 0.412. The second kappa shape index (κ2) is 6.21. The van der Waals surface area contributed by atoms with E-state index in [1.807, 2.05) is 18.5 Å². The SMILES string of the molecule is NCCCC(=O)NCCc1cc[nH]c1. The lowest BCUT2D eigenvalue weighted by Gasteiger charge is -2.02. The summed E-state index contributed by atoms with van der Waals surface area (Å²) in [6.45, 7) is 1.27. The van der Waals surface area contributed by atoms with E-state index in [0.29, 0.717) is 19.5 Å². The number of aromatic nitrogens is 1. The standard InChI is InChI=1S/C10H17N3O/c11-5-1-2-10(14)13-7-4-9-3-6-12-8-9/h3,6,8,12H,1-2,4-5,7,11H2,(H,13,14). The first kappa shape index (κ1) is 10.8. The van der Waals surface area contributed by atoms with Gasteiger partial charge in [-0.2, -0.15) is 0 Å². The molecular weight excluding hydrogens is 178 g/mol. The summed E-state index contributed by atoms with van der Waals surface area (Å²) in [6, 6.07) is 2.01. The summed E-state index contributed by atoms with van der Waals surface area (Å²) in [6.07, 6.45) is 5.98. The van der Waals surface area contributed by atoms with Crippen LogP contribution in [0.5, 0.6) is 0 Å². The third-order valence-electron chi connectivity index (χ3n) is 2.01. The van der Waals surface area contributed by atoms with Gasteiger partial charge >= 0.3 is 0 Å². The average molecular weight is 195 g/mol. The first-order valence-electron chi connectivity index (χ1n) is 4.91. The quantitative estimate of drug-likeness (QED) is 0.615. The molecule has 78 valence electrons. The minimum Gasteiger partial charge on any atom is -0.367 e. The third kappa shape index (κ3) is 4.09. The predicted molar refractivity (Wildman–Crippen MR) is 55.8 cm³/mol. The van der Waals surface area contributed by atoms with E-state index >= 15 is 0 Å². The highest BCUT2D eigenvalue weighted by Gasteiger charge is 1.99. The molecule has 1 aromatic rings. The van der Waals surface area contributed by atoms with Crippen molar-refractivity contribution in [1.82, 2.24) is 10.3 Å². The Morgan fingerprint density at radius 2 is 2.43 bits per heavy atom. The summed E-state index contributed by atoms with van der Waals surface area (Å²) in [5.74, 6) is 0.0889. The Morgan fingerprint density at radius 3 is 3.07 bits per heavy atom. The van der Waals surface area contributed by atoms with Crippen molar-refractivity contribution in [3.63, 3.8) is 0 Å². The molecule has 0 unspecified atom stereocenters. The minimum atomic E-state index is 0.0889. The van der Waals surface area contributed by atoms with E-state index in [0.717, 1.165) is 12.8 Å². The normalized spacial score (nSPS) is 10.1. The summed E-state index contributed by atoms with van der Waals surface area (Å²) in [5.41, 5.74) is 6.51. The molecule has 0 spiro atoms. The topological polar surface area (TPSA) is 70.9 Å². The fraction of sp³-hybridized carbons (Fsp3) is 0.500. The number of hydrogen-bond acceptors (Lipinski definition) is 2.